The van der Waals surface area contributed by atoms with Crippen molar-refractivity contribution in [3.8, 4) is 5.75 Å². The van der Waals surface area contributed by atoms with E-state index in [1.165, 1.54) is 5.56 Å². The van der Waals surface area contributed by atoms with Gasteiger partial charge < -0.3 is 15.8 Å². The number of nitrogens with two attached hydrogens (primary N) is 1. The number of carbonyl (C=O) groups excluding carboxylic acids is 1. The smallest absolute Gasteiger partial charge is 0.221 e. The second-order valence-electron chi connectivity index (χ2n) is 3.49. The van der Waals surface area contributed by atoms with Crippen LogP contribution in [0.4, 0.5) is 0 Å². The van der Waals surface area contributed by atoms with Gasteiger partial charge in [0.15, 0.2) is 0 Å². The second kappa shape index (κ2) is 6.85. The highest BCUT2D eigenvalue weighted by molar-refractivity contribution is 5.75. The van der Waals surface area contributed by atoms with Gasteiger partial charge in [-0.3, -0.25) is 4.79 Å². The molecule has 0 aliphatic carbocycles. The molecule has 0 unspecified atom stereocenters. The van der Waals surface area contributed by atoms with Crippen LogP contribution in [0, 0.1) is 0 Å². The van der Waals surface area contributed by atoms with Gasteiger partial charge in [-0.25, -0.2) is 0 Å². The molecule has 16 heavy (non-hydrogen) atoms. The van der Waals surface area contributed by atoms with Gasteiger partial charge in [0.1, 0.15) is 5.75 Å². The summed E-state index contributed by atoms with van der Waals surface area (Å²) in [6.45, 7) is 1.04. The molecule has 1 amide bonds. The van der Waals surface area contributed by atoms with Crippen molar-refractivity contribution >= 4 is 5.91 Å². The van der Waals surface area contributed by atoms with E-state index in [9.17, 15) is 4.79 Å². The van der Waals surface area contributed by atoms with E-state index in [1.54, 1.807) is 7.11 Å². The van der Waals surface area contributed by atoms with Gasteiger partial charge in [-0.05, 0) is 24.1 Å². The summed E-state index contributed by atoms with van der Waals surface area (Å²) in [5.41, 5.74) is 6.44. The number of benzene rings is 1. The van der Waals surface area contributed by atoms with Crippen molar-refractivity contribution in [3.05, 3.63) is 29.8 Å². The fourth-order valence-electron chi connectivity index (χ4n) is 1.36. The average Bonchev–Trinajstić information content (AvgIpc) is 2.30. The molecule has 0 radical (unpaired) electrons. The Morgan fingerprint density at radius 2 is 2.06 bits per heavy atom. The van der Waals surface area contributed by atoms with Crippen LogP contribution in [0.15, 0.2) is 24.3 Å². The van der Waals surface area contributed by atoms with E-state index in [2.05, 4.69) is 5.32 Å². The fraction of sp³-hybridized carbons (Fsp3) is 0.417. The molecule has 3 N–H and O–H groups in total. The summed E-state index contributed by atoms with van der Waals surface area (Å²) in [5.74, 6) is 0.854. The maximum absolute atomic E-state index is 11.1. The minimum atomic E-state index is 0.0102. The normalized spacial score (nSPS) is 9.88. The Morgan fingerprint density at radius 3 is 2.62 bits per heavy atom. The number of rotatable bonds is 6. The molecule has 0 aromatic heterocycles. The summed E-state index contributed by atoms with van der Waals surface area (Å²) < 4.78 is 5.06. The Kier molecular flexibility index (Phi) is 5.36. The standard InChI is InChI=1S/C12H18N2O2/c1-16-11-4-2-10(3-5-11)7-9-14-12(15)6-8-13/h2-5H,6-9,13H2,1H3,(H,14,15). The minimum Gasteiger partial charge on any atom is -0.497 e. The molecule has 4 heteroatoms. The van der Waals surface area contributed by atoms with E-state index in [-0.39, 0.29) is 5.91 Å². The van der Waals surface area contributed by atoms with Gasteiger partial charge in [0.2, 0.25) is 5.91 Å². The van der Waals surface area contributed by atoms with Crippen LogP contribution in [0.5, 0.6) is 5.75 Å². The van der Waals surface area contributed by atoms with Gasteiger partial charge in [-0.1, -0.05) is 12.1 Å². The topological polar surface area (TPSA) is 64.3 Å². The third kappa shape index (κ3) is 4.31. The molecule has 1 rings (SSSR count). The summed E-state index contributed by atoms with van der Waals surface area (Å²) >= 11 is 0. The summed E-state index contributed by atoms with van der Waals surface area (Å²) in [4.78, 5) is 11.1. The average molecular weight is 222 g/mol. The Morgan fingerprint density at radius 1 is 1.38 bits per heavy atom. The fourth-order valence-corrected chi connectivity index (χ4v) is 1.36. The zero-order chi connectivity index (χ0) is 11.8. The van der Waals surface area contributed by atoms with Crippen LogP contribution in [-0.4, -0.2) is 26.1 Å². The van der Waals surface area contributed by atoms with Crippen LogP contribution in [-0.2, 0) is 11.2 Å². The van der Waals surface area contributed by atoms with Crippen LogP contribution in [0.2, 0.25) is 0 Å². The van der Waals surface area contributed by atoms with Crippen LogP contribution in [0.3, 0.4) is 0 Å². The third-order valence-electron chi connectivity index (χ3n) is 2.27. The molecule has 0 bridgehead atoms. The third-order valence-corrected chi connectivity index (χ3v) is 2.27. The Hall–Kier alpha value is -1.55. The number of carbonyl (C=O) groups is 1. The molecule has 88 valence electrons. The van der Waals surface area contributed by atoms with Crippen LogP contribution < -0.4 is 15.8 Å². The van der Waals surface area contributed by atoms with E-state index < -0.39 is 0 Å². The van der Waals surface area contributed by atoms with Gasteiger partial charge in [-0.15, -0.1) is 0 Å². The lowest BCUT2D eigenvalue weighted by Gasteiger charge is -2.05. The van der Waals surface area contributed by atoms with Crippen LogP contribution >= 0.6 is 0 Å². The van der Waals surface area contributed by atoms with Gasteiger partial charge >= 0.3 is 0 Å². The predicted octanol–water partition coefficient (Wildman–Crippen LogP) is 0.703. The first-order valence-corrected chi connectivity index (χ1v) is 5.36. The summed E-state index contributed by atoms with van der Waals surface area (Å²) in [6, 6.07) is 7.82. The second-order valence-corrected chi connectivity index (χ2v) is 3.49. The Labute approximate surface area is 95.8 Å². The van der Waals surface area contributed by atoms with Crippen LogP contribution in [0.25, 0.3) is 0 Å². The molecule has 1 aromatic rings. The highest BCUT2D eigenvalue weighted by Gasteiger charge is 1.99. The van der Waals surface area contributed by atoms with Gasteiger partial charge in [0, 0.05) is 19.5 Å². The molecule has 0 spiro atoms. The van der Waals surface area contributed by atoms with E-state index in [0.717, 1.165) is 12.2 Å². The first kappa shape index (κ1) is 12.5. The zero-order valence-corrected chi connectivity index (χ0v) is 9.53. The van der Waals surface area contributed by atoms with E-state index in [0.29, 0.717) is 19.5 Å². The lowest BCUT2D eigenvalue weighted by molar-refractivity contribution is -0.120. The highest BCUT2D eigenvalue weighted by atomic mass is 16.5. The summed E-state index contributed by atoms with van der Waals surface area (Å²) in [7, 11) is 1.64. The largest absolute Gasteiger partial charge is 0.497 e. The first-order chi connectivity index (χ1) is 7.76. The van der Waals surface area contributed by atoms with Crippen molar-refractivity contribution in [2.24, 2.45) is 5.73 Å². The maximum Gasteiger partial charge on any atom is 0.221 e. The molecular formula is C12H18N2O2. The molecule has 4 nitrogen and oxygen atoms in total. The van der Waals surface area contributed by atoms with Crippen molar-refractivity contribution in [2.75, 3.05) is 20.2 Å². The zero-order valence-electron chi connectivity index (χ0n) is 9.53. The Balaban J connectivity index is 2.29. The molecule has 0 aliphatic rings. The van der Waals surface area contributed by atoms with Gasteiger partial charge in [0.25, 0.3) is 0 Å². The number of methoxy groups -OCH3 is 1. The monoisotopic (exact) mass is 222 g/mol. The highest BCUT2D eigenvalue weighted by Crippen LogP contribution is 2.11. The number of hydrogen-bond acceptors (Lipinski definition) is 3. The molecule has 1 aromatic carbocycles. The quantitative estimate of drug-likeness (QED) is 0.744. The maximum atomic E-state index is 11.1. The van der Waals surface area contributed by atoms with Crippen LogP contribution in [0.1, 0.15) is 12.0 Å². The van der Waals surface area contributed by atoms with Crippen molar-refractivity contribution in [1.29, 1.82) is 0 Å². The molecule has 0 saturated carbocycles. The van der Waals surface area contributed by atoms with Crippen molar-refractivity contribution in [3.63, 3.8) is 0 Å². The SMILES string of the molecule is COc1ccc(CCNC(=O)CCN)cc1. The summed E-state index contributed by atoms with van der Waals surface area (Å²) in [6.07, 6.45) is 1.21. The lowest BCUT2D eigenvalue weighted by Crippen LogP contribution is -2.27. The van der Waals surface area contributed by atoms with E-state index in [1.807, 2.05) is 24.3 Å². The molecule has 0 heterocycles. The van der Waals surface area contributed by atoms with Crippen molar-refractivity contribution in [1.82, 2.24) is 5.32 Å². The van der Waals surface area contributed by atoms with E-state index >= 15 is 0 Å². The lowest BCUT2D eigenvalue weighted by atomic mass is 10.1. The number of nitrogens with one attached hydrogen (secondary N) is 1. The molecule has 0 aliphatic heterocycles. The number of hydrogen-bond donors (Lipinski definition) is 2. The van der Waals surface area contributed by atoms with Crippen molar-refractivity contribution < 1.29 is 9.53 Å². The number of ether oxygens (including phenoxy) is 1. The van der Waals surface area contributed by atoms with Gasteiger partial charge in [-0.2, -0.15) is 0 Å². The summed E-state index contributed by atoms with van der Waals surface area (Å²) in [5, 5.41) is 2.81. The predicted molar refractivity (Wildman–Crippen MR) is 63.4 cm³/mol. The van der Waals surface area contributed by atoms with E-state index in [4.69, 9.17) is 10.5 Å². The first-order valence-electron chi connectivity index (χ1n) is 5.36. The molecule has 0 fully saturated rings. The van der Waals surface area contributed by atoms with Gasteiger partial charge in [0.05, 0.1) is 7.11 Å². The number of amides is 1. The molecule has 0 saturated heterocycles. The van der Waals surface area contributed by atoms with Crippen molar-refractivity contribution in [2.45, 2.75) is 12.8 Å². The molecule has 0 atom stereocenters. The Bertz CT molecular complexity index is 322. The minimum absolute atomic E-state index is 0.0102. The molecular weight excluding hydrogens is 204 g/mol.